The number of benzene rings is 1. The van der Waals surface area contributed by atoms with E-state index in [2.05, 4.69) is 15.0 Å². The van der Waals surface area contributed by atoms with Crippen LogP contribution in [-0.2, 0) is 6.54 Å². The van der Waals surface area contributed by atoms with Crippen LogP contribution in [0.15, 0.2) is 36.7 Å². The van der Waals surface area contributed by atoms with Gasteiger partial charge in [-0.15, -0.1) is 0 Å². The number of hydrogen-bond donors (Lipinski definition) is 1. The number of pyridine rings is 1. The number of methoxy groups -OCH3 is 1. The molecule has 0 spiro atoms. The smallest absolute Gasteiger partial charge is 0.387 e. The predicted molar refractivity (Wildman–Crippen MR) is 71.1 cm³/mol. The summed E-state index contributed by atoms with van der Waals surface area (Å²) in [6, 6.07) is 6.08. The Kier molecular flexibility index (Phi) is 4.86. The summed E-state index contributed by atoms with van der Waals surface area (Å²) >= 11 is 0. The van der Waals surface area contributed by atoms with Crippen molar-refractivity contribution < 1.29 is 22.6 Å². The number of alkyl halides is 2. The first-order valence-electron chi connectivity index (χ1n) is 6.05. The molecule has 0 fully saturated rings. The Morgan fingerprint density at radius 2 is 2.05 bits per heavy atom. The maximum atomic E-state index is 13.4. The van der Waals surface area contributed by atoms with Crippen LogP contribution in [-0.4, -0.2) is 18.7 Å². The molecule has 0 saturated heterocycles. The molecule has 0 aliphatic heterocycles. The molecule has 0 unspecified atom stereocenters. The molecular weight excluding hydrogens is 285 g/mol. The number of nitrogens with one attached hydrogen (secondary N) is 1. The molecule has 4 nitrogen and oxygen atoms in total. The molecule has 2 rings (SSSR count). The molecule has 0 bridgehead atoms. The number of rotatable bonds is 6. The molecule has 1 N–H and O–H groups in total. The van der Waals surface area contributed by atoms with Gasteiger partial charge in [0.2, 0.25) is 0 Å². The summed E-state index contributed by atoms with van der Waals surface area (Å²) in [5.74, 6) is -0.355. The first-order chi connectivity index (χ1) is 10.1. The zero-order valence-corrected chi connectivity index (χ0v) is 11.1. The largest absolute Gasteiger partial charge is 0.493 e. The molecule has 1 aromatic heterocycles. The fourth-order valence-electron chi connectivity index (χ4n) is 1.73. The van der Waals surface area contributed by atoms with E-state index in [1.54, 1.807) is 6.07 Å². The number of nitrogens with zero attached hydrogens (tertiary/aromatic N) is 1. The van der Waals surface area contributed by atoms with Gasteiger partial charge in [-0.3, -0.25) is 4.98 Å². The first-order valence-corrected chi connectivity index (χ1v) is 6.05. The van der Waals surface area contributed by atoms with Gasteiger partial charge in [0.25, 0.3) is 0 Å². The van der Waals surface area contributed by atoms with E-state index >= 15 is 0 Å². The van der Waals surface area contributed by atoms with E-state index in [0.717, 1.165) is 6.20 Å². The van der Waals surface area contributed by atoms with E-state index in [4.69, 9.17) is 4.74 Å². The first kappa shape index (κ1) is 15.0. The van der Waals surface area contributed by atoms with Gasteiger partial charge in [-0.1, -0.05) is 6.07 Å². The van der Waals surface area contributed by atoms with E-state index in [1.807, 2.05) is 0 Å². The van der Waals surface area contributed by atoms with E-state index in [1.165, 1.54) is 31.5 Å². The van der Waals surface area contributed by atoms with Crippen LogP contribution in [0, 0.1) is 5.82 Å². The number of aromatic nitrogens is 1. The van der Waals surface area contributed by atoms with Gasteiger partial charge >= 0.3 is 6.61 Å². The molecule has 21 heavy (non-hydrogen) atoms. The van der Waals surface area contributed by atoms with Crippen molar-refractivity contribution in [3.05, 3.63) is 48.0 Å². The zero-order chi connectivity index (χ0) is 15.2. The second-order valence-corrected chi connectivity index (χ2v) is 4.07. The quantitative estimate of drug-likeness (QED) is 0.887. The molecule has 0 amide bonds. The molecule has 0 radical (unpaired) electrons. The van der Waals surface area contributed by atoms with E-state index in [0.29, 0.717) is 5.56 Å². The normalized spacial score (nSPS) is 10.5. The van der Waals surface area contributed by atoms with Crippen LogP contribution < -0.4 is 14.8 Å². The summed E-state index contributed by atoms with van der Waals surface area (Å²) in [7, 11) is 1.36. The lowest BCUT2D eigenvalue weighted by molar-refractivity contribution is -0.0512. The average Bonchev–Trinajstić information content (AvgIpc) is 2.46. The molecule has 7 heteroatoms. The fourth-order valence-corrected chi connectivity index (χ4v) is 1.73. The van der Waals surface area contributed by atoms with Crippen molar-refractivity contribution in [1.82, 2.24) is 4.98 Å². The highest BCUT2D eigenvalue weighted by Gasteiger charge is 2.11. The highest BCUT2D eigenvalue weighted by Crippen LogP contribution is 2.29. The lowest BCUT2D eigenvalue weighted by atomic mass is 10.2. The fraction of sp³-hybridized carbons (Fsp3) is 0.214. The third kappa shape index (κ3) is 4.01. The van der Waals surface area contributed by atoms with Crippen molar-refractivity contribution in [1.29, 1.82) is 0 Å². The monoisotopic (exact) mass is 298 g/mol. The van der Waals surface area contributed by atoms with Crippen molar-refractivity contribution in [2.45, 2.75) is 13.2 Å². The summed E-state index contributed by atoms with van der Waals surface area (Å²) < 4.78 is 47.4. The molecule has 0 atom stereocenters. The van der Waals surface area contributed by atoms with Crippen LogP contribution in [0.1, 0.15) is 5.56 Å². The number of anilines is 1. The summed E-state index contributed by atoms with van der Waals surface area (Å²) in [4.78, 5) is 3.63. The zero-order valence-electron chi connectivity index (χ0n) is 11.1. The van der Waals surface area contributed by atoms with Crippen LogP contribution >= 0.6 is 0 Å². The number of hydrogen-bond acceptors (Lipinski definition) is 4. The second kappa shape index (κ2) is 6.83. The van der Waals surface area contributed by atoms with Gasteiger partial charge in [0, 0.05) is 12.7 Å². The topological polar surface area (TPSA) is 43.4 Å². The van der Waals surface area contributed by atoms with Gasteiger partial charge < -0.3 is 14.8 Å². The molecule has 0 aliphatic rings. The van der Waals surface area contributed by atoms with Crippen LogP contribution in [0.4, 0.5) is 18.9 Å². The van der Waals surface area contributed by atoms with Crippen molar-refractivity contribution in [2.24, 2.45) is 0 Å². The lowest BCUT2D eigenvalue weighted by Gasteiger charge is -2.12. The molecule has 0 saturated carbocycles. The highest BCUT2D eigenvalue weighted by molar-refractivity contribution is 5.46. The standard InChI is InChI=1S/C14H13F3N2O2/c1-20-12-3-2-9(6-13(12)21-14(16)17)7-19-11-4-5-18-8-10(11)15/h2-6,8,14H,7H2,1H3,(H,18,19). The minimum absolute atomic E-state index is 0.0676. The predicted octanol–water partition coefficient (Wildman–Crippen LogP) is 3.44. The lowest BCUT2D eigenvalue weighted by Crippen LogP contribution is -2.06. The van der Waals surface area contributed by atoms with Crippen molar-refractivity contribution >= 4 is 5.69 Å². The van der Waals surface area contributed by atoms with Crippen LogP contribution in [0.25, 0.3) is 0 Å². The molecule has 1 heterocycles. The summed E-state index contributed by atoms with van der Waals surface area (Å²) in [6.07, 6.45) is 2.53. The van der Waals surface area contributed by atoms with Crippen LogP contribution in [0.2, 0.25) is 0 Å². The maximum Gasteiger partial charge on any atom is 0.387 e. The van der Waals surface area contributed by atoms with Crippen molar-refractivity contribution in [3.8, 4) is 11.5 Å². The van der Waals surface area contributed by atoms with Gasteiger partial charge in [-0.25, -0.2) is 4.39 Å². The van der Waals surface area contributed by atoms with E-state index in [9.17, 15) is 13.2 Å². The Morgan fingerprint density at radius 1 is 1.24 bits per heavy atom. The number of ether oxygens (including phenoxy) is 2. The summed E-state index contributed by atoms with van der Waals surface area (Å²) in [6.45, 7) is -2.70. The number of halogens is 3. The molecule has 1 aromatic carbocycles. The minimum Gasteiger partial charge on any atom is -0.493 e. The molecular formula is C14H13F3N2O2. The third-order valence-corrected chi connectivity index (χ3v) is 2.70. The van der Waals surface area contributed by atoms with Gasteiger partial charge in [0.05, 0.1) is 19.0 Å². The molecule has 0 aliphatic carbocycles. The Labute approximate surface area is 119 Å². The highest BCUT2D eigenvalue weighted by atomic mass is 19.3. The van der Waals surface area contributed by atoms with Crippen molar-refractivity contribution in [2.75, 3.05) is 12.4 Å². The van der Waals surface area contributed by atoms with Gasteiger partial charge in [0.1, 0.15) is 0 Å². The second-order valence-electron chi connectivity index (χ2n) is 4.07. The molecule has 112 valence electrons. The van der Waals surface area contributed by atoms with Gasteiger partial charge in [-0.2, -0.15) is 8.78 Å². The summed E-state index contributed by atoms with van der Waals surface area (Å²) in [5.41, 5.74) is 0.916. The van der Waals surface area contributed by atoms with Crippen LogP contribution in [0.5, 0.6) is 11.5 Å². The summed E-state index contributed by atoms with van der Waals surface area (Å²) in [5, 5.41) is 2.85. The SMILES string of the molecule is COc1ccc(CNc2ccncc2F)cc1OC(F)F. The van der Waals surface area contributed by atoms with E-state index < -0.39 is 12.4 Å². The average molecular weight is 298 g/mol. The Balaban J connectivity index is 2.12. The Hall–Kier alpha value is -2.44. The third-order valence-electron chi connectivity index (χ3n) is 2.70. The molecule has 2 aromatic rings. The minimum atomic E-state index is -2.94. The van der Waals surface area contributed by atoms with E-state index in [-0.39, 0.29) is 23.7 Å². The van der Waals surface area contributed by atoms with Gasteiger partial charge in [0.15, 0.2) is 17.3 Å². The van der Waals surface area contributed by atoms with Gasteiger partial charge in [-0.05, 0) is 23.8 Å². The Bertz CT molecular complexity index is 609. The van der Waals surface area contributed by atoms with Crippen LogP contribution in [0.3, 0.4) is 0 Å². The maximum absolute atomic E-state index is 13.4. The van der Waals surface area contributed by atoms with Crippen molar-refractivity contribution in [3.63, 3.8) is 0 Å². The Morgan fingerprint density at radius 3 is 2.71 bits per heavy atom.